The standard InChI is InChI=1S/C16H28BrNOSi/c1-16(2,3)20(6,7)19-11-10-13-12-14(17)8-9-15(13)18(4)5/h8-9,12H,10-11H2,1-7H3. The van der Waals surface area contributed by atoms with Gasteiger partial charge in [0.1, 0.15) is 0 Å². The van der Waals surface area contributed by atoms with Crippen LogP contribution in [-0.2, 0) is 10.8 Å². The van der Waals surface area contributed by atoms with E-state index in [4.69, 9.17) is 4.43 Å². The summed E-state index contributed by atoms with van der Waals surface area (Å²) in [6.07, 6.45) is 0.958. The molecule has 0 heterocycles. The highest BCUT2D eigenvalue weighted by Gasteiger charge is 2.36. The van der Waals surface area contributed by atoms with Crippen LogP contribution in [-0.4, -0.2) is 29.0 Å². The van der Waals surface area contributed by atoms with Crippen LogP contribution in [0, 0.1) is 0 Å². The van der Waals surface area contributed by atoms with Crippen molar-refractivity contribution < 1.29 is 4.43 Å². The second kappa shape index (κ2) is 6.63. The van der Waals surface area contributed by atoms with E-state index in [9.17, 15) is 0 Å². The second-order valence-corrected chi connectivity index (χ2v) is 12.8. The summed E-state index contributed by atoms with van der Waals surface area (Å²) >= 11 is 3.56. The molecule has 1 aromatic carbocycles. The first kappa shape index (κ1) is 17.7. The smallest absolute Gasteiger partial charge is 0.191 e. The van der Waals surface area contributed by atoms with E-state index >= 15 is 0 Å². The first-order chi connectivity index (χ1) is 9.04. The van der Waals surface area contributed by atoms with Crippen molar-refractivity contribution in [1.29, 1.82) is 0 Å². The molecule has 0 N–H and O–H groups in total. The van der Waals surface area contributed by atoms with Gasteiger partial charge in [-0.25, -0.2) is 0 Å². The Hall–Kier alpha value is -0.323. The maximum absolute atomic E-state index is 6.28. The van der Waals surface area contributed by atoms with Gasteiger partial charge in [0.25, 0.3) is 0 Å². The van der Waals surface area contributed by atoms with Gasteiger partial charge < -0.3 is 9.33 Å². The Balaban J connectivity index is 2.74. The van der Waals surface area contributed by atoms with Crippen LogP contribution in [0.2, 0.25) is 18.1 Å². The van der Waals surface area contributed by atoms with Gasteiger partial charge in [-0.15, -0.1) is 0 Å². The molecule has 0 aliphatic carbocycles. The molecular weight excluding hydrogens is 330 g/mol. The summed E-state index contributed by atoms with van der Waals surface area (Å²) < 4.78 is 7.41. The molecule has 4 heteroatoms. The van der Waals surface area contributed by atoms with E-state index in [1.54, 1.807) is 0 Å². The highest BCUT2D eigenvalue weighted by Crippen LogP contribution is 2.36. The lowest BCUT2D eigenvalue weighted by atomic mass is 10.1. The fourth-order valence-electron chi connectivity index (χ4n) is 1.82. The van der Waals surface area contributed by atoms with E-state index in [1.807, 2.05) is 0 Å². The fourth-order valence-corrected chi connectivity index (χ4v) is 3.28. The molecule has 20 heavy (non-hydrogen) atoms. The van der Waals surface area contributed by atoms with E-state index in [2.05, 4.69) is 87.0 Å². The summed E-state index contributed by atoms with van der Waals surface area (Å²) in [6, 6.07) is 6.45. The van der Waals surface area contributed by atoms with E-state index in [0.29, 0.717) is 0 Å². The third kappa shape index (κ3) is 4.60. The summed E-state index contributed by atoms with van der Waals surface area (Å²) in [6.45, 7) is 12.3. The lowest BCUT2D eigenvalue weighted by molar-refractivity contribution is 0.292. The number of rotatable bonds is 5. The topological polar surface area (TPSA) is 12.5 Å². The monoisotopic (exact) mass is 357 g/mol. The molecule has 0 atom stereocenters. The minimum Gasteiger partial charge on any atom is -0.416 e. The Morgan fingerprint density at radius 3 is 2.30 bits per heavy atom. The first-order valence-corrected chi connectivity index (χ1v) is 10.8. The third-order valence-corrected chi connectivity index (χ3v) is 9.20. The number of hydrogen-bond acceptors (Lipinski definition) is 2. The van der Waals surface area contributed by atoms with Gasteiger partial charge in [-0.1, -0.05) is 36.7 Å². The number of nitrogens with zero attached hydrogens (tertiary/aromatic N) is 1. The van der Waals surface area contributed by atoms with Gasteiger partial charge in [0.2, 0.25) is 0 Å². The Morgan fingerprint density at radius 1 is 1.20 bits per heavy atom. The van der Waals surface area contributed by atoms with Gasteiger partial charge in [0, 0.05) is 30.9 Å². The van der Waals surface area contributed by atoms with Crippen LogP contribution < -0.4 is 4.90 Å². The highest BCUT2D eigenvalue weighted by molar-refractivity contribution is 9.10. The molecule has 0 fully saturated rings. The molecule has 1 rings (SSSR count). The summed E-state index contributed by atoms with van der Waals surface area (Å²) in [5.41, 5.74) is 2.61. The minimum atomic E-state index is -1.64. The molecular formula is C16H28BrNOSi. The van der Waals surface area contributed by atoms with Crippen molar-refractivity contribution in [1.82, 2.24) is 0 Å². The second-order valence-electron chi connectivity index (χ2n) is 7.03. The number of halogens is 1. The molecule has 0 radical (unpaired) electrons. The van der Waals surface area contributed by atoms with Gasteiger partial charge in [0.15, 0.2) is 8.32 Å². The fraction of sp³-hybridized carbons (Fsp3) is 0.625. The average Bonchev–Trinajstić information content (AvgIpc) is 2.26. The van der Waals surface area contributed by atoms with E-state index in [1.165, 1.54) is 11.3 Å². The zero-order valence-corrected chi connectivity index (χ0v) is 16.5. The van der Waals surface area contributed by atoms with Crippen LogP contribution in [0.1, 0.15) is 26.3 Å². The lowest BCUT2D eigenvalue weighted by Gasteiger charge is -2.36. The van der Waals surface area contributed by atoms with Crippen molar-refractivity contribution in [2.45, 2.75) is 45.3 Å². The van der Waals surface area contributed by atoms with Gasteiger partial charge in [-0.3, -0.25) is 0 Å². The van der Waals surface area contributed by atoms with Gasteiger partial charge in [0.05, 0.1) is 0 Å². The molecule has 0 aromatic heterocycles. The Bertz CT molecular complexity index is 452. The normalized spacial score (nSPS) is 12.6. The molecule has 2 nitrogen and oxygen atoms in total. The predicted octanol–water partition coefficient (Wildman–Crippen LogP) is 5.08. The zero-order chi connectivity index (χ0) is 15.6. The van der Waals surface area contributed by atoms with Crippen LogP contribution in [0.25, 0.3) is 0 Å². The van der Waals surface area contributed by atoms with Crippen LogP contribution >= 0.6 is 15.9 Å². The van der Waals surface area contributed by atoms with Crippen molar-refractivity contribution in [3.05, 3.63) is 28.2 Å². The van der Waals surface area contributed by atoms with Crippen molar-refractivity contribution in [3.8, 4) is 0 Å². The molecule has 0 amide bonds. The predicted molar refractivity (Wildman–Crippen MR) is 95.3 cm³/mol. The quantitative estimate of drug-likeness (QED) is 0.681. The largest absolute Gasteiger partial charge is 0.416 e. The zero-order valence-electron chi connectivity index (χ0n) is 13.9. The molecule has 0 bridgehead atoms. The third-order valence-electron chi connectivity index (χ3n) is 4.16. The maximum atomic E-state index is 6.28. The average molecular weight is 358 g/mol. The van der Waals surface area contributed by atoms with E-state index < -0.39 is 8.32 Å². The van der Waals surface area contributed by atoms with Crippen molar-refractivity contribution >= 4 is 29.9 Å². The van der Waals surface area contributed by atoms with E-state index in [0.717, 1.165) is 17.5 Å². The van der Waals surface area contributed by atoms with Crippen LogP contribution in [0.5, 0.6) is 0 Å². The lowest BCUT2D eigenvalue weighted by Crippen LogP contribution is -2.41. The molecule has 0 unspecified atom stereocenters. The Labute approximate surface area is 133 Å². The maximum Gasteiger partial charge on any atom is 0.191 e. The van der Waals surface area contributed by atoms with Crippen LogP contribution in [0.4, 0.5) is 5.69 Å². The van der Waals surface area contributed by atoms with E-state index in [-0.39, 0.29) is 5.04 Å². The number of anilines is 1. The Kier molecular flexibility index (Phi) is 5.87. The van der Waals surface area contributed by atoms with Gasteiger partial charge >= 0.3 is 0 Å². The molecule has 0 spiro atoms. The van der Waals surface area contributed by atoms with Crippen LogP contribution in [0.3, 0.4) is 0 Å². The molecule has 114 valence electrons. The molecule has 0 aliphatic rings. The minimum absolute atomic E-state index is 0.272. The first-order valence-electron chi connectivity index (χ1n) is 7.14. The molecule has 0 saturated heterocycles. The van der Waals surface area contributed by atoms with Crippen molar-refractivity contribution in [3.63, 3.8) is 0 Å². The number of benzene rings is 1. The van der Waals surface area contributed by atoms with Crippen molar-refractivity contribution in [2.24, 2.45) is 0 Å². The SMILES string of the molecule is CN(C)c1ccc(Br)cc1CCO[Si](C)(C)C(C)(C)C. The van der Waals surface area contributed by atoms with Crippen LogP contribution in [0.15, 0.2) is 22.7 Å². The number of hydrogen-bond donors (Lipinski definition) is 0. The highest BCUT2D eigenvalue weighted by atomic mass is 79.9. The summed E-state index contributed by atoms with van der Waals surface area (Å²) in [5.74, 6) is 0. The van der Waals surface area contributed by atoms with Gasteiger partial charge in [-0.05, 0) is 48.3 Å². The summed E-state index contributed by atoms with van der Waals surface area (Å²) in [7, 11) is 2.53. The van der Waals surface area contributed by atoms with Crippen molar-refractivity contribution in [2.75, 3.05) is 25.6 Å². The molecule has 1 aromatic rings. The Morgan fingerprint density at radius 2 is 1.80 bits per heavy atom. The summed E-state index contributed by atoms with van der Waals surface area (Å²) in [5, 5.41) is 0.272. The summed E-state index contributed by atoms with van der Waals surface area (Å²) in [4.78, 5) is 2.16. The molecule has 0 aliphatic heterocycles. The molecule has 0 saturated carbocycles. The van der Waals surface area contributed by atoms with Gasteiger partial charge in [-0.2, -0.15) is 0 Å².